The molecular formula is C33H31N3O5S. The third-order valence-corrected chi connectivity index (χ3v) is 8.82. The lowest BCUT2D eigenvalue weighted by atomic mass is 10.0. The number of amides is 1. The highest BCUT2D eigenvalue weighted by Gasteiger charge is 2.26. The minimum atomic E-state index is -4.10. The van der Waals surface area contributed by atoms with E-state index in [9.17, 15) is 18.0 Å². The van der Waals surface area contributed by atoms with E-state index < -0.39 is 16.0 Å². The highest BCUT2D eigenvalue weighted by Crippen LogP contribution is 2.34. The number of nitrogens with zero attached hydrogens (tertiary/aromatic N) is 3. The summed E-state index contributed by atoms with van der Waals surface area (Å²) in [6, 6.07) is 26.4. The van der Waals surface area contributed by atoms with E-state index in [1.165, 1.54) is 12.1 Å². The molecule has 2 aromatic heterocycles. The van der Waals surface area contributed by atoms with Gasteiger partial charge in [-0.3, -0.25) is 4.79 Å². The first-order valence-corrected chi connectivity index (χ1v) is 15.1. The van der Waals surface area contributed by atoms with Crippen molar-refractivity contribution in [3.63, 3.8) is 0 Å². The number of anilines is 1. The number of fused-ring (bicyclic) bond motifs is 1. The molecule has 2 heterocycles. The largest absolute Gasteiger partial charge is 0.461 e. The fourth-order valence-corrected chi connectivity index (χ4v) is 6.30. The van der Waals surface area contributed by atoms with E-state index in [1.54, 1.807) is 55.5 Å². The Morgan fingerprint density at radius 3 is 2.31 bits per heavy atom. The van der Waals surface area contributed by atoms with Gasteiger partial charge < -0.3 is 9.30 Å². The van der Waals surface area contributed by atoms with Gasteiger partial charge in [0.2, 0.25) is 6.41 Å². The number of carbonyl (C=O) groups excluding carboxylic acids is 2. The molecule has 9 heteroatoms. The van der Waals surface area contributed by atoms with Gasteiger partial charge in [-0.25, -0.2) is 22.5 Å². The standard InChI is InChI=1S/C33H31N3O5S/c1-4-26-20-29-23(3)19-30(33(38)41-5-2)34-32(29)35(26)21-24-15-17-25(18-16-24)28-13-9-10-14-31(28)36(22-37)42(39,40)27-11-7-6-8-12-27/h6-20,22H,4-5,21H2,1-3H3. The van der Waals surface area contributed by atoms with Gasteiger partial charge in [-0.05, 0) is 67.3 Å². The van der Waals surface area contributed by atoms with Crippen molar-refractivity contribution in [2.24, 2.45) is 0 Å². The molecule has 0 aliphatic heterocycles. The summed E-state index contributed by atoms with van der Waals surface area (Å²) >= 11 is 0. The van der Waals surface area contributed by atoms with Crippen LogP contribution in [0, 0.1) is 6.92 Å². The van der Waals surface area contributed by atoms with Gasteiger partial charge in [0.25, 0.3) is 10.0 Å². The molecule has 0 aliphatic rings. The van der Waals surface area contributed by atoms with E-state index in [1.807, 2.05) is 31.2 Å². The maximum Gasteiger partial charge on any atom is 0.357 e. The normalized spacial score (nSPS) is 11.4. The molecule has 0 atom stereocenters. The van der Waals surface area contributed by atoms with Gasteiger partial charge in [-0.1, -0.05) is 67.6 Å². The summed E-state index contributed by atoms with van der Waals surface area (Å²) < 4.78 is 34.7. The smallest absolute Gasteiger partial charge is 0.357 e. The summed E-state index contributed by atoms with van der Waals surface area (Å²) in [6.07, 6.45) is 1.12. The van der Waals surface area contributed by atoms with Crippen molar-refractivity contribution < 1.29 is 22.7 Å². The fourth-order valence-electron chi connectivity index (χ4n) is 5.04. The Morgan fingerprint density at radius 1 is 0.952 bits per heavy atom. The van der Waals surface area contributed by atoms with Gasteiger partial charge in [0.1, 0.15) is 5.65 Å². The number of ether oxygens (including phenoxy) is 1. The van der Waals surface area contributed by atoms with Crippen LogP contribution in [0.1, 0.15) is 41.2 Å². The van der Waals surface area contributed by atoms with E-state index in [0.717, 1.165) is 44.1 Å². The minimum Gasteiger partial charge on any atom is -0.461 e. The Morgan fingerprint density at radius 2 is 1.64 bits per heavy atom. The molecule has 5 aromatic rings. The molecule has 0 aliphatic carbocycles. The molecule has 0 bridgehead atoms. The second-order valence-corrected chi connectivity index (χ2v) is 11.6. The van der Waals surface area contributed by atoms with Crippen molar-refractivity contribution in [2.75, 3.05) is 10.9 Å². The Bertz CT molecular complexity index is 1860. The molecule has 3 aromatic carbocycles. The zero-order valence-electron chi connectivity index (χ0n) is 23.7. The third-order valence-electron chi connectivity index (χ3n) is 7.15. The highest BCUT2D eigenvalue weighted by molar-refractivity contribution is 7.93. The maximum absolute atomic E-state index is 13.3. The molecular weight excluding hydrogens is 550 g/mol. The van der Waals surface area contributed by atoms with Gasteiger partial charge in [0, 0.05) is 23.2 Å². The summed E-state index contributed by atoms with van der Waals surface area (Å²) in [6.45, 7) is 6.60. The van der Waals surface area contributed by atoms with Crippen molar-refractivity contribution >= 4 is 39.1 Å². The summed E-state index contributed by atoms with van der Waals surface area (Å²) in [5, 5.41) is 0.985. The molecule has 0 fully saturated rings. The number of carbonyl (C=O) groups is 2. The molecule has 214 valence electrons. The molecule has 0 unspecified atom stereocenters. The van der Waals surface area contributed by atoms with Crippen LogP contribution < -0.4 is 4.31 Å². The van der Waals surface area contributed by atoms with Crippen LogP contribution in [0.5, 0.6) is 0 Å². The van der Waals surface area contributed by atoms with Gasteiger partial charge in [-0.15, -0.1) is 0 Å². The quantitative estimate of drug-likeness (QED) is 0.145. The van der Waals surface area contributed by atoms with Crippen LogP contribution in [0.3, 0.4) is 0 Å². The predicted molar refractivity (Wildman–Crippen MR) is 163 cm³/mol. The van der Waals surface area contributed by atoms with Crippen LogP contribution in [0.15, 0.2) is 95.9 Å². The highest BCUT2D eigenvalue weighted by atomic mass is 32.2. The number of hydrogen-bond donors (Lipinski definition) is 0. The van der Waals surface area contributed by atoms with Crippen LogP contribution in [-0.4, -0.2) is 37.0 Å². The average Bonchev–Trinajstić information content (AvgIpc) is 3.36. The molecule has 0 spiro atoms. The van der Waals surface area contributed by atoms with E-state index in [0.29, 0.717) is 18.5 Å². The second kappa shape index (κ2) is 12.0. The van der Waals surface area contributed by atoms with E-state index in [-0.39, 0.29) is 22.9 Å². The number of sulfonamides is 1. The van der Waals surface area contributed by atoms with Crippen LogP contribution in [0.25, 0.3) is 22.2 Å². The number of pyridine rings is 1. The lowest BCUT2D eigenvalue weighted by molar-refractivity contribution is -0.106. The van der Waals surface area contributed by atoms with Crippen molar-refractivity contribution in [3.05, 3.63) is 114 Å². The number of para-hydroxylation sites is 1. The van der Waals surface area contributed by atoms with Crippen LogP contribution in [-0.2, 0) is 32.5 Å². The summed E-state index contributed by atoms with van der Waals surface area (Å²) in [5.74, 6) is -0.449. The monoisotopic (exact) mass is 581 g/mol. The van der Waals surface area contributed by atoms with Crippen molar-refractivity contribution in [1.29, 1.82) is 0 Å². The van der Waals surface area contributed by atoms with Crippen molar-refractivity contribution in [1.82, 2.24) is 9.55 Å². The summed E-state index contributed by atoms with van der Waals surface area (Å²) in [7, 11) is -4.10. The Kier molecular flexibility index (Phi) is 8.22. The van der Waals surface area contributed by atoms with Crippen molar-refractivity contribution in [3.8, 4) is 11.1 Å². The first-order valence-electron chi connectivity index (χ1n) is 13.7. The van der Waals surface area contributed by atoms with Gasteiger partial charge in [0.15, 0.2) is 5.69 Å². The molecule has 42 heavy (non-hydrogen) atoms. The molecule has 1 amide bonds. The zero-order valence-corrected chi connectivity index (χ0v) is 24.5. The predicted octanol–water partition coefficient (Wildman–Crippen LogP) is 6.15. The first-order chi connectivity index (χ1) is 20.3. The minimum absolute atomic E-state index is 0.0305. The lowest BCUT2D eigenvalue weighted by Gasteiger charge is -2.21. The number of esters is 1. The third kappa shape index (κ3) is 5.43. The van der Waals surface area contributed by atoms with Gasteiger partial charge in [0.05, 0.1) is 17.2 Å². The molecule has 0 saturated carbocycles. The molecule has 0 radical (unpaired) electrons. The SMILES string of the molecule is CCOC(=O)c1cc(C)c2cc(CC)n(Cc3ccc(-c4ccccc4N(C=O)S(=O)(=O)c4ccccc4)cc3)c2n1. The van der Waals surface area contributed by atoms with Crippen LogP contribution >= 0.6 is 0 Å². The summed E-state index contributed by atoms with van der Waals surface area (Å²) in [4.78, 5) is 29.3. The summed E-state index contributed by atoms with van der Waals surface area (Å²) in [5.41, 5.74) is 5.66. The Hall–Kier alpha value is -4.76. The van der Waals surface area contributed by atoms with E-state index in [4.69, 9.17) is 4.74 Å². The molecule has 0 N–H and O–H groups in total. The lowest BCUT2D eigenvalue weighted by Crippen LogP contribution is -2.30. The Labute approximate surface area is 245 Å². The van der Waals surface area contributed by atoms with Crippen LogP contribution in [0.2, 0.25) is 0 Å². The van der Waals surface area contributed by atoms with E-state index in [2.05, 4.69) is 22.5 Å². The zero-order chi connectivity index (χ0) is 29.9. The van der Waals surface area contributed by atoms with E-state index >= 15 is 0 Å². The number of aryl methyl sites for hydroxylation is 2. The number of aromatic nitrogens is 2. The first kappa shape index (κ1) is 28.8. The fraction of sp³-hybridized carbons (Fsp3) is 0.182. The number of benzene rings is 3. The average molecular weight is 582 g/mol. The number of rotatable bonds is 10. The Balaban J connectivity index is 1.50. The topological polar surface area (TPSA) is 98.6 Å². The molecule has 5 rings (SSSR count). The maximum atomic E-state index is 13.3. The molecule has 8 nitrogen and oxygen atoms in total. The van der Waals surface area contributed by atoms with Gasteiger partial charge in [-0.2, -0.15) is 0 Å². The van der Waals surface area contributed by atoms with Crippen LogP contribution in [0.4, 0.5) is 5.69 Å². The van der Waals surface area contributed by atoms with Gasteiger partial charge >= 0.3 is 5.97 Å². The second-order valence-electron chi connectivity index (χ2n) is 9.79. The van der Waals surface area contributed by atoms with Crippen molar-refractivity contribution in [2.45, 2.75) is 38.6 Å². The molecule has 0 saturated heterocycles. The number of hydrogen-bond acceptors (Lipinski definition) is 6.